The van der Waals surface area contributed by atoms with Crippen molar-refractivity contribution >= 4 is 44.6 Å². The van der Waals surface area contributed by atoms with Crippen LogP contribution in [0.15, 0.2) is 56.3 Å². The maximum atomic E-state index is 12.7. The lowest BCUT2D eigenvalue weighted by Crippen LogP contribution is -2.14. The van der Waals surface area contributed by atoms with Crippen molar-refractivity contribution in [2.75, 3.05) is 0 Å². The summed E-state index contributed by atoms with van der Waals surface area (Å²) in [7, 11) is -3.99. The number of H-pyrrole nitrogens is 1. The number of phenolic OH excluding ortho intramolecular Hbond substituents is 1. The molecule has 12 heteroatoms. The maximum absolute atomic E-state index is 12.7. The van der Waals surface area contributed by atoms with E-state index in [-0.39, 0.29) is 27.0 Å². The minimum Gasteiger partial charge on any atom is -0.506 e. The van der Waals surface area contributed by atoms with Gasteiger partial charge in [-0.3, -0.25) is 9.89 Å². The first-order chi connectivity index (χ1) is 13.1. The number of hydrogen-bond acceptors (Lipinski definition) is 6. The van der Waals surface area contributed by atoms with Gasteiger partial charge in [-0.1, -0.05) is 23.2 Å². The number of azo groups is 1. The van der Waals surface area contributed by atoms with Crippen molar-refractivity contribution in [1.82, 2.24) is 9.78 Å². The Hall–Kier alpha value is -2.66. The van der Waals surface area contributed by atoms with Crippen LogP contribution < -0.4 is 10.7 Å². The quantitative estimate of drug-likeness (QED) is 0.531. The van der Waals surface area contributed by atoms with Crippen LogP contribution in [0.25, 0.3) is 5.69 Å². The van der Waals surface area contributed by atoms with Gasteiger partial charge < -0.3 is 5.11 Å². The topological polar surface area (TPSA) is 143 Å². The highest BCUT2D eigenvalue weighted by Gasteiger charge is 2.16. The van der Waals surface area contributed by atoms with E-state index >= 15 is 0 Å². The number of nitrogens with two attached hydrogens (primary N) is 1. The maximum Gasteiger partial charge on any atom is 0.299 e. The summed E-state index contributed by atoms with van der Waals surface area (Å²) in [6.45, 7) is 1.59. The summed E-state index contributed by atoms with van der Waals surface area (Å²) in [5.74, 6) is -0.331. The minimum atomic E-state index is -3.99. The van der Waals surface area contributed by atoms with Crippen molar-refractivity contribution in [3.8, 4) is 11.4 Å². The molecule has 0 aliphatic rings. The van der Waals surface area contributed by atoms with Crippen LogP contribution in [-0.4, -0.2) is 23.3 Å². The van der Waals surface area contributed by atoms with Crippen LogP contribution >= 0.6 is 23.2 Å². The highest BCUT2D eigenvalue weighted by Crippen LogP contribution is 2.30. The Balaban J connectivity index is 2.07. The molecule has 0 bridgehead atoms. The fourth-order valence-corrected chi connectivity index (χ4v) is 3.25. The van der Waals surface area contributed by atoms with Crippen molar-refractivity contribution in [3.05, 3.63) is 62.5 Å². The average molecular weight is 442 g/mol. The molecule has 1 aromatic heterocycles. The van der Waals surface area contributed by atoms with Gasteiger partial charge in [0.15, 0.2) is 5.69 Å². The highest BCUT2D eigenvalue weighted by molar-refractivity contribution is 7.89. The van der Waals surface area contributed by atoms with E-state index in [0.29, 0.717) is 16.4 Å². The molecular formula is C16H13Cl2N5O4S. The Morgan fingerprint density at radius 2 is 1.86 bits per heavy atom. The molecule has 0 radical (unpaired) electrons. The van der Waals surface area contributed by atoms with Crippen LogP contribution in [0.4, 0.5) is 11.4 Å². The number of benzene rings is 2. The molecular weight excluding hydrogens is 429 g/mol. The number of aromatic nitrogens is 2. The molecule has 3 rings (SSSR count). The first kappa shape index (κ1) is 20.1. The van der Waals surface area contributed by atoms with Gasteiger partial charge in [0.2, 0.25) is 10.0 Å². The summed E-state index contributed by atoms with van der Waals surface area (Å²) in [5.41, 5.74) is -0.0995. The van der Waals surface area contributed by atoms with Gasteiger partial charge in [0, 0.05) is 5.02 Å². The average Bonchev–Trinajstić information content (AvgIpc) is 2.89. The van der Waals surface area contributed by atoms with Crippen molar-refractivity contribution in [1.29, 1.82) is 0 Å². The lowest BCUT2D eigenvalue weighted by Gasteiger charge is -2.04. The smallest absolute Gasteiger partial charge is 0.299 e. The van der Waals surface area contributed by atoms with Crippen LogP contribution in [0.3, 0.4) is 0 Å². The Morgan fingerprint density at radius 3 is 2.54 bits per heavy atom. The van der Waals surface area contributed by atoms with E-state index < -0.39 is 15.6 Å². The van der Waals surface area contributed by atoms with E-state index in [1.165, 1.54) is 6.07 Å². The summed E-state index contributed by atoms with van der Waals surface area (Å²) in [4.78, 5) is 12.4. The molecule has 0 spiro atoms. The summed E-state index contributed by atoms with van der Waals surface area (Å²) in [5, 5.41) is 26.0. The predicted octanol–water partition coefficient (Wildman–Crippen LogP) is 3.55. The molecule has 3 aromatic rings. The van der Waals surface area contributed by atoms with E-state index in [0.717, 1.165) is 22.9 Å². The number of hydrogen-bond donors (Lipinski definition) is 3. The molecule has 28 heavy (non-hydrogen) atoms. The molecule has 9 nitrogen and oxygen atoms in total. The van der Waals surface area contributed by atoms with Gasteiger partial charge in [-0.15, -0.1) is 10.2 Å². The molecule has 4 N–H and O–H groups in total. The molecule has 0 atom stereocenters. The minimum absolute atomic E-state index is 0.0588. The largest absolute Gasteiger partial charge is 0.506 e. The molecule has 2 aromatic carbocycles. The SMILES string of the molecule is Cc1[nH]n(-c2cc(Cl)ccc2Cl)c(=O)c1N=Nc1cc(S(N)(=O)=O)ccc1O. The normalized spacial score (nSPS) is 12.0. The zero-order chi connectivity index (χ0) is 20.6. The molecule has 0 aliphatic heterocycles. The van der Waals surface area contributed by atoms with Gasteiger partial charge in [0.1, 0.15) is 11.4 Å². The van der Waals surface area contributed by atoms with Crippen molar-refractivity contribution in [2.45, 2.75) is 11.8 Å². The number of nitrogens with one attached hydrogen (secondary N) is 1. The molecule has 146 valence electrons. The Kier molecular flexibility index (Phi) is 5.31. The van der Waals surface area contributed by atoms with Crippen molar-refractivity contribution in [2.24, 2.45) is 15.4 Å². The zero-order valence-corrected chi connectivity index (χ0v) is 16.5. The van der Waals surface area contributed by atoms with Gasteiger partial charge in [0.05, 0.1) is 21.3 Å². The first-order valence-electron chi connectivity index (χ1n) is 7.62. The number of halogens is 2. The molecule has 0 amide bonds. The number of aromatic hydroxyl groups is 1. The van der Waals surface area contributed by atoms with Crippen LogP contribution in [0.5, 0.6) is 5.75 Å². The van der Waals surface area contributed by atoms with E-state index in [2.05, 4.69) is 15.3 Å². The van der Waals surface area contributed by atoms with Crippen molar-refractivity contribution in [3.63, 3.8) is 0 Å². The summed E-state index contributed by atoms with van der Waals surface area (Å²) < 4.78 is 24.0. The second-order valence-corrected chi connectivity index (χ2v) is 8.12. The molecule has 1 heterocycles. The summed E-state index contributed by atoms with van der Waals surface area (Å²) >= 11 is 12.1. The third-order valence-corrected chi connectivity index (χ3v) is 5.19. The Morgan fingerprint density at radius 1 is 1.14 bits per heavy atom. The summed E-state index contributed by atoms with van der Waals surface area (Å²) in [6.07, 6.45) is 0. The van der Waals surface area contributed by atoms with E-state index in [1.54, 1.807) is 19.1 Å². The molecule has 0 fully saturated rings. The van der Waals surface area contributed by atoms with Gasteiger partial charge in [0.25, 0.3) is 5.56 Å². The van der Waals surface area contributed by atoms with Crippen LogP contribution in [-0.2, 0) is 10.0 Å². The molecule has 0 saturated heterocycles. The number of sulfonamides is 1. The second kappa shape index (κ2) is 7.40. The first-order valence-corrected chi connectivity index (χ1v) is 9.93. The fraction of sp³-hybridized carbons (Fsp3) is 0.0625. The zero-order valence-electron chi connectivity index (χ0n) is 14.2. The van der Waals surface area contributed by atoms with Crippen LogP contribution in [0.1, 0.15) is 5.69 Å². The van der Waals surface area contributed by atoms with E-state index in [4.69, 9.17) is 28.3 Å². The lowest BCUT2D eigenvalue weighted by molar-refractivity contribution is 0.476. The predicted molar refractivity (Wildman–Crippen MR) is 105 cm³/mol. The number of aryl methyl sites for hydroxylation is 1. The standard InChI is InChI=1S/C16H13Cl2N5O4S/c1-8-15(16(25)23(22-8)13-6-9(17)2-4-11(13)18)21-20-12-7-10(28(19,26)27)3-5-14(12)24/h2-7,22,24H,1H3,(H2,19,26,27). The number of rotatable bonds is 4. The van der Waals surface area contributed by atoms with Gasteiger partial charge in [-0.2, -0.15) is 0 Å². The Labute approximate surface area is 169 Å². The third kappa shape index (κ3) is 3.94. The van der Waals surface area contributed by atoms with Crippen LogP contribution in [0.2, 0.25) is 10.0 Å². The van der Waals surface area contributed by atoms with Gasteiger partial charge >= 0.3 is 0 Å². The molecule has 0 unspecified atom stereocenters. The summed E-state index contributed by atoms with van der Waals surface area (Å²) in [6, 6.07) is 7.91. The second-order valence-electron chi connectivity index (χ2n) is 5.72. The molecule has 0 aliphatic carbocycles. The lowest BCUT2D eigenvalue weighted by atomic mass is 10.3. The molecule has 0 saturated carbocycles. The van der Waals surface area contributed by atoms with Crippen molar-refractivity contribution < 1.29 is 13.5 Å². The van der Waals surface area contributed by atoms with E-state index in [9.17, 15) is 18.3 Å². The van der Waals surface area contributed by atoms with Gasteiger partial charge in [-0.05, 0) is 43.3 Å². The number of aromatic amines is 1. The monoisotopic (exact) mass is 441 g/mol. The number of nitrogens with zero attached hydrogens (tertiary/aromatic N) is 3. The van der Waals surface area contributed by atoms with Gasteiger partial charge in [-0.25, -0.2) is 18.2 Å². The number of phenols is 1. The Bertz CT molecular complexity index is 1260. The van der Waals surface area contributed by atoms with E-state index in [1.807, 2.05) is 0 Å². The highest BCUT2D eigenvalue weighted by atomic mass is 35.5. The third-order valence-electron chi connectivity index (χ3n) is 3.72. The van der Waals surface area contributed by atoms with Crippen LogP contribution in [0, 0.1) is 6.92 Å². The number of primary sulfonamides is 1. The fourth-order valence-electron chi connectivity index (χ4n) is 2.35.